The highest BCUT2D eigenvalue weighted by atomic mass is 35.5. The zero-order chi connectivity index (χ0) is 40.8. The number of nitrogens with one attached hydrogen (secondary N) is 1. The lowest BCUT2D eigenvalue weighted by atomic mass is 9.70. The summed E-state index contributed by atoms with van der Waals surface area (Å²) in [5, 5.41) is 16.9. The molecule has 2 fully saturated rings. The van der Waals surface area contributed by atoms with Crippen molar-refractivity contribution < 1.29 is 42.2 Å². The van der Waals surface area contributed by atoms with Crippen LogP contribution in [0, 0.1) is 17.8 Å². The Morgan fingerprint density at radius 1 is 1.07 bits per heavy atom. The van der Waals surface area contributed by atoms with Crippen LogP contribution in [0.4, 0.5) is 23.7 Å². The average molecular weight is 789 g/mol. The number of rotatable bonds is 6. The predicted molar refractivity (Wildman–Crippen MR) is 196 cm³/mol. The SMILES string of the molecule is C#CCn1cc(-c2cnc(C(=O)Nc3ccc(C(=O)N4CCN(C(=O)[C@@]5(C(C)(C)C)C[C@@H](O)CN5C(=O)OC(C)(C)C)CC4)c(Cl)c3)n2C)c(C(F)(F)F)n1. The highest BCUT2D eigenvalue weighted by Gasteiger charge is 2.61. The van der Waals surface area contributed by atoms with Crippen molar-refractivity contribution in [1.29, 1.82) is 0 Å². The summed E-state index contributed by atoms with van der Waals surface area (Å²) >= 11 is 6.53. The molecule has 1 aromatic carbocycles. The number of imidazole rings is 1. The molecule has 2 aliphatic heterocycles. The number of aliphatic hydroxyl groups is 1. The molecular formula is C37H44ClF3N8O6. The molecule has 2 N–H and O–H groups in total. The monoisotopic (exact) mass is 788 g/mol. The predicted octanol–water partition coefficient (Wildman–Crippen LogP) is 4.91. The van der Waals surface area contributed by atoms with E-state index in [2.05, 4.69) is 21.3 Å². The van der Waals surface area contributed by atoms with Crippen molar-refractivity contribution in [3.8, 4) is 23.6 Å². The van der Waals surface area contributed by atoms with Crippen LogP contribution in [0.5, 0.6) is 0 Å². The number of carbonyl (C=O) groups excluding carboxylic acids is 4. The smallest absolute Gasteiger partial charge is 0.435 e. The van der Waals surface area contributed by atoms with Crippen molar-refractivity contribution >= 4 is 41.1 Å². The lowest BCUT2D eigenvalue weighted by Crippen LogP contribution is -2.67. The number of benzene rings is 1. The molecule has 0 radical (unpaired) electrons. The first-order valence-electron chi connectivity index (χ1n) is 17.5. The molecule has 2 saturated heterocycles. The van der Waals surface area contributed by atoms with E-state index in [1.807, 2.05) is 20.8 Å². The van der Waals surface area contributed by atoms with Crippen molar-refractivity contribution in [3.63, 3.8) is 0 Å². The Morgan fingerprint density at radius 2 is 1.71 bits per heavy atom. The number of likely N-dealkylation sites (tertiary alicyclic amines) is 1. The Hall–Kier alpha value is -5.08. The minimum atomic E-state index is -4.79. The number of halogens is 4. The molecule has 0 bridgehead atoms. The second-order valence-electron chi connectivity index (χ2n) is 15.6. The van der Waals surface area contributed by atoms with Crippen molar-refractivity contribution in [2.24, 2.45) is 12.5 Å². The highest BCUT2D eigenvalue weighted by molar-refractivity contribution is 6.34. The molecule has 4 amide bonds. The minimum Gasteiger partial charge on any atom is -0.444 e. The summed E-state index contributed by atoms with van der Waals surface area (Å²) in [6, 6.07) is 4.26. The lowest BCUT2D eigenvalue weighted by Gasteiger charge is -2.49. The molecule has 2 aromatic heterocycles. The Bertz CT molecular complexity index is 2030. The topological polar surface area (TPSA) is 155 Å². The van der Waals surface area contributed by atoms with Gasteiger partial charge in [0.25, 0.3) is 11.8 Å². The molecule has 55 heavy (non-hydrogen) atoms. The van der Waals surface area contributed by atoms with Crippen LogP contribution in [0.2, 0.25) is 5.02 Å². The van der Waals surface area contributed by atoms with Gasteiger partial charge < -0.3 is 29.5 Å². The van der Waals surface area contributed by atoms with Crippen LogP contribution in [-0.4, -0.2) is 113 Å². The second kappa shape index (κ2) is 14.9. The number of alkyl halides is 3. The summed E-state index contributed by atoms with van der Waals surface area (Å²) in [4.78, 5) is 63.0. The van der Waals surface area contributed by atoms with E-state index >= 15 is 0 Å². The van der Waals surface area contributed by atoms with E-state index in [0.29, 0.717) is 0 Å². The van der Waals surface area contributed by atoms with Crippen molar-refractivity contribution in [2.75, 3.05) is 38.0 Å². The second-order valence-corrected chi connectivity index (χ2v) is 16.0. The van der Waals surface area contributed by atoms with Crippen LogP contribution < -0.4 is 5.32 Å². The van der Waals surface area contributed by atoms with E-state index in [-0.39, 0.29) is 85.0 Å². The molecule has 4 heterocycles. The maximum absolute atomic E-state index is 14.3. The number of hydrogen-bond donors (Lipinski definition) is 2. The van der Waals surface area contributed by atoms with Crippen LogP contribution >= 0.6 is 11.6 Å². The largest absolute Gasteiger partial charge is 0.444 e. The van der Waals surface area contributed by atoms with Gasteiger partial charge in [-0.15, -0.1) is 6.42 Å². The van der Waals surface area contributed by atoms with Gasteiger partial charge in [0.15, 0.2) is 11.5 Å². The lowest BCUT2D eigenvalue weighted by molar-refractivity contribution is -0.151. The molecule has 14 nitrogen and oxygen atoms in total. The van der Waals surface area contributed by atoms with Crippen LogP contribution in [0.3, 0.4) is 0 Å². The van der Waals surface area contributed by atoms with E-state index in [0.717, 1.165) is 17.1 Å². The van der Waals surface area contributed by atoms with Crippen molar-refractivity contribution in [2.45, 2.75) is 77.9 Å². The van der Waals surface area contributed by atoms with Gasteiger partial charge in [-0.2, -0.15) is 18.3 Å². The number of anilines is 1. The third-order valence-electron chi connectivity index (χ3n) is 9.66. The Morgan fingerprint density at radius 3 is 2.27 bits per heavy atom. The fourth-order valence-corrected chi connectivity index (χ4v) is 7.29. The maximum Gasteiger partial charge on any atom is 0.435 e. The van der Waals surface area contributed by atoms with Crippen molar-refractivity contribution in [3.05, 3.63) is 52.7 Å². The quantitative estimate of drug-likeness (QED) is 0.334. The molecular weight excluding hydrogens is 745 g/mol. The fourth-order valence-electron chi connectivity index (χ4n) is 7.03. The summed E-state index contributed by atoms with van der Waals surface area (Å²) < 4.78 is 49.1. The van der Waals surface area contributed by atoms with E-state index in [1.165, 1.54) is 34.7 Å². The van der Waals surface area contributed by atoms with Gasteiger partial charge in [-0.25, -0.2) is 9.78 Å². The van der Waals surface area contributed by atoms with Gasteiger partial charge in [-0.3, -0.25) is 24.0 Å². The number of piperazine rings is 1. The molecule has 0 aliphatic carbocycles. The normalized spacial score (nSPS) is 19.3. The molecule has 5 rings (SSSR count). The summed E-state index contributed by atoms with van der Waals surface area (Å²) in [5.41, 5.74) is -4.15. The maximum atomic E-state index is 14.3. The van der Waals surface area contributed by atoms with Gasteiger partial charge in [0.1, 0.15) is 17.7 Å². The van der Waals surface area contributed by atoms with E-state index < -0.39 is 52.4 Å². The molecule has 0 spiro atoms. The first-order valence-corrected chi connectivity index (χ1v) is 17.8. The Balaban J connectivity index is 1.27. The van der Waals surface area contributed by atoms with Crippen LogP contribution in [-0.2, 0) is 29.3 Å². The molecule has 2 atom stereocenters. The molecule has 0 saturated carbocycles. The molecule has 18 heteroatoms. The summed E-state index contributed by atoms with van der Waals surface area (Å²) in [6.07, 6.45) is 1.12. The summed E-state index contributed by atoms with van der Waals surface area (Å²) in [5.74, 6) is 0.533. The van der Waals surface area contributed by atoms with Gasteiger partial charge in [0.2, 0.25) is 5.91 Å². The fraction of sp³-hybridized carbons (Fsp3) is 0.514. The average Bonchev–Trinajstić information content (AvgIpc) is 3.78. The first-order chi connectivity index (χ1) is 25.5. The number of carbonyl (C=O) groups is 4. The highest BCUT2D eigenvalue weighted by Crippen LogP contribution is 2.46. The Labute approximate surface area is 321 Å². The zero-order valence-corrected chi connectivity index (χ0v) is 32.4. The summed E-state index contributed by atoms with van der Waals surface area (Å²) in [6.45, 7) is 11.1. The Kier molecular flexibility index (Phi) is 11.1. The van der Waals surface area contributed by atoms with Gasteiger partial charge in [-0.05, 0) is 44.4 Å². The number of aromatic nitrogens is 4. The molecule has 2 aliphatic rings. The van der Waals surface area contributed by atoms with Crippen LogP contribution in [0.25, 0.3) is 11.3 Å². The molecule has 3 aromatic rings. The third-order valence-corrected chi connectivity index (χ3v) is 9.97. The zero-order valence-electron chi connectivity index (χ0n) is 31.6. The first kappa shape index (κ1) is 41.1. The number of β-amino-alcohol motifs (C(OH)–C–C–N with tert-alkyl or cyclic N) is 1. The van der Waals surface area contributed by atoms with Crippen LogP contribution in [0.15, 0.2) is 30.6 Å². The van der Waals surface area contributed by atoms with Gasteiger partial charge in [-0.1, -0.05) is 38.3 Å². The van der Waals surface area contributed by atoms with Gasteiger partial charge in [0, 0.05) is 51.5 Å². The van der Waals surface area contributed by atoms with Gasteiger partial charge >= 0.3 is 12.3 Å². The van der Waals surface area contributed by atoms with Crippen molar-refractivity contribution in [1.82, 2.24) is 34.0 Å². The van der Waals surface area contributed by atoms with E-state index in [4.69, 9.17) is 22.8 Å². The van der Waals surface area contributed by atoms with E-state index in [1.54, 1.807) is 30.6 Å². The number of ether oxygens (including phenoxy) is 1. The van der Waals surface area contributed by atoms with Crippen LogP contribution in [0.1, 0.15) is 74.6 Å². The van der Waals surface area contributed by atoms with E-state index in [9.17, 15) is 37.5 Å². The van der Waals surface area contributed by atoms with Gasteiger partial charge in [0.05, 0.1) is 40.7 Å². The summed E-state index contributed by atoms with van der Waals surface area (Å²) in [7, 11) is 1.38. The molecule has 0 unspecified atom stereocenters. The third kappa shape index (κ3) is 8.15. The number of nitrogens with zero attached hydrogens (tertiary/aromatic N) is 7. The molecule has 296 valence electrons. The standard InChI is InChI=1S/C37H44ClF3N8O6/c1-9-12-48-21-25(28(44-48)37(39,40)41)27-19-42-29(45(27)8)30(51)43-22-10-11-24(26(38)17-22)31(52)46-13-15-47(16-14-46)32(53)36(34(2,3)4)18-23(50)20-49(36)33(54)55-35(5,6)7/h1,10-11,17,19,21,23,50H,12-16,18,20H2,2-8H3,(H,43,51)/t23-,36-/m1/s1. The number of amides is 4. The minimum absolute atomic E-state index is 0.0173. The number of hydrogen-bond acceptors (Lipinski definition) is 8. The number of terminal acetylenes is 1. The number of aliphatic hydroxyl groups excluding tert-OH is 1.